The molecule has 4 rings (SSSR count). The van der Waals surface area contributed by atoms with Crippen LogP contribution in [-0.4, -0.2) is 31.0 Å². The Morgan fingerprint density at radius 3 is 2.39 bits per heavy atom. The molecule has 3 aromatic rings. The molecular weight excluding hydrogens is 394 g/mol. The van der Waals surface area contributed by atoms with E-state index in [0.717, 1.165) is 11.1 Å². The van der Waals surface area contributed by atoms with Crippen molar-refractivity contribution < 1.29 is 19.1 Å². The number of aryl methyl sites for hydroxylation is 1. The molecule has 1 unspecified atom stereocenters. The molecule has 0 spiro atoms. The van der Waals surface area contributed by atoms with Crippen molar-refractivity contribution in [1.82, 2.24) is 10.4 Å². The Labute approximate surface area is 180 Å². The molecule has 3 aromatic carbocycles. The molecule has 7 heteroatoms. The standard InChI is InChI=1S/C24H23N3O4/c1-15-8-10-16(11-9-15)23(28)26-27-22(17-12-13-20(30-2)21(14-17)31-3)25-19-7-5-4-6-18(19)24(27)29/h4-14,22,25H,1-3H3,(H,26,28). The Balaban J connectivity index is 1.73. The van der Waals surface area contributed by atoms with Crippen molar-refractivity contribution in [2.45, 2.75) is 13.1 Å². The van der Waals surface area contributed by atoms with E-state index in [1.807, 2.05) is 37.3 Å². The van der Waals surface area contributed by atoms with Crippen LogP contribution in [0, 0.1) is 6.92 Å². The van der Waals surface area contributed by atoms with Gasteiger partial charge in [-0.2, -0.15) is 0 Å². The van der Waals surface area contributed by atoms with E-state index in [9.17, 15) is 9.59 Å². The summed E-state index contributed by atoms with van der Waals surface area (Å²) in [6.45, 7) is 1.95. The number of hydrogen-bond donors (Lipinski definition) is 2. The first kappa shape index (κ1) is 20.3. The Morgan fingerprint density at radius 1 is 0.968 bits per heavy atom. The van der Waals surface area contributed by atoms with E-state index < -0.39 is 6.17 Å². The second kappa shape index (κ2) is 8.39. The number of methoxy groups -OCH3 is 2. The third-order valence-corrected chi connectivity index (χ3v) is 5.19. The van der Waals surface area contributed by atoms with Gasteiger partial charge in [0.05, 0.1) is 19.8 Å². The van der Waals surface area contributed by atoms with Gasteiger partial charge in [0.1, 0.15) is 6.17 Å². The smallest absolute Gasteiger partial charge is 0.276 e. The molecule has 7 nitrogen and oxygen atoms in total. The van der Waals surface area contributed by atoms with Crippen molar-refractivity contribution in [2.24, 2.45) is 0 Å². The third-order valence-electron chi connectivity index (χ3n) is 5.19. The predicted molar refractivity (Wildman–Crippen MR) is 117 cm³/mol. The van der Waals surface area contributed by atoms with Crippen LogP contribution in [0.2, 0.25) is 0 Å². The van der Waals surface area contributed by atoms with Gasteiger partial charge in [0.2, 0.25) is 0 Å². The number of carbonyl (C=O) groups excluding carboxylic acids is 2. The first-order chi connectivity index (χ1) is 15.0. The highest BCUT2D eigenvalue weighted by Gasteiger charge is 2.34. The van der Waals surface area contributed by atoms with Crippen molar-refractivity contribution in [3.63, 3.8) is 0 Å². The second-order valence-corrected chi connectivity index (χ2v) is 7.19. The van der Waals surface area contributed by atoms with Gasteiger partial charge in [0.25, 0.3) is 11.8 Å². The first-order valence-electron chi connectivity index (χ1n) is 9.80. The summed E-state index contributed by atoms with van der Waals surface area (Å²) in [6, 6.07) is 19.7. The number of para-hydroxylation sites is 1. The lowest BCUT2D eigenvalue weighted by molar-refractivity contribution is 0.0490. The van der Waals surface area contributed by atoms with Gasteiger partial charge in [-0.1, -0.05) is 35.9 Å². The minimum Gasteiger partial charge on any atom is -0.493 e. The molecule has 0 saturated carbocycles. The summed E-state index contributed by atoms with van der Waals surface area (Å²) in [5, 5.41) is 4.65. The number of anilines is 1. The summed E-state index contributed by atoms with van der Waals surface area (Å²) in [7, 11) is 3.11. The quantitative estimate of drug-likeness (QED) is 0.658. The molecule has 1 aliphatic rings. The molecule has 1 heterocycles. The van der Waals surface area contributed by atoms with Gasteiger partial charge in [-0.15, -0.1) is 0 Å². The lowest BCUT2D eigenvalue weighted by Gasteiger charge is -2.37. The number of rotatable bonds is 5. The van der Waals surface area contributed by atoms with Crippen LogP contribution in [0.4, 0.5) is 5.69 Å². The highest BCUT2D eigenvalue weighted by Crippen LogP contribution is 2.36. The fourth-order valence-corrected chi connectivity index (χ4v) is 3.50. The fourth-order valence-electron chi connectivity index (χ4n) is 3.50. The number of fused-ring (bicyclic) bond motifs is 1. The van der Waals surface area contributed by atoms with E-state index in [-0.39, 0.29) is 11.8 Å². The van der Waals surface area contributed by atoms with Crippen LogP contribution in [0.5, 0.6) is 11.5 Å². The van der Waals surface area contributed by atoms with E-state index in [2.05, 4.69) is 10.7 Å². The summed E-state index contributed by atoms with van der Waals surface area (Å²) in [5.74, 6) is 0.413. The maximum atomic E-state index is 13.3. The van der Waals surface area contributed by atoms with Crippen molar-refractivity contribution in [1.29, 1.82) is 0 Å². The number of hydrazine groups is 1. The van der Waals surface area contributed by atoms with Crippen molar-refractivity contribution in [3.8, 4) is 11.5 Å². The number of amides is 2. The summed E-state index contributed by atoms with van der Waals surface area (Å²) in [4.78, 5) is 26.2. The monoisotopic (exact) mass is 417 g/mol. The van der Waals surface area contributed by atoms with Crippen LogP contribution in [-0.2, 0) is 0 Å². The van der Waals surface area contributed by atoms with Gasteiger partial charge >= 0.3 is 0 Å². The highest BCUT2D eigenvalue weighted by atomic mass is 16.5. The molecule has 2 amide bonds. The molecular formula is C24H23N3O4. The molecule has 158 valence electrons. The third kappa shape index (κ3) is 3.90. The second-order valence-electron chi connectivity index (χ2n) is 7.19. The zero-order chi connectivity index (χ0) is 22.0. The molecule has 0 radical (unpaired) electrons. The van der Waals surface area contributed by atoms with Crippen molar-refractivity contribution >= 4 is 17.5 Å². The molecule has 2 N–H and O–H groups in total. The number of ether oxygens (including phenoxy) is 2. The molecule has 1 atom stereocenters. The maximum absolute atomic E-state index is 13.3. The van der Waals surface area contributed by atoms with Gasteiger partial charge < -0.3 is 14.8 Å². The number of carbonyl (C=O) groups is 2. The van der Waals surface area contributed by atoms with Crippen LogP contribution in [0.25, 0.3) is 0 Å². The highest BCUT2D eigenvalue weighted by molar-refractivity contribution is 6.04. The van der Waals surface area contributed by atoms with Crippen LogP contribution in [0.15, 0.2) is 66.7 Å². The van der Waals surface area contributed by atoms with Crippen molar-refractivity contribution in [3.05, 3.63) is 89.0 Å². The van der Waals surface area contributed by atoms with E-state index in [1.54, 1.807) is 50.6 Å². The van der Waals surface area contributed by atoms with Crippen molar-refractivity contribution in [2.75, 3.05) is 19.5 Å². The molecule has 31 heavy (non-hydrogen) atoms. The molecule has 0 aromatic heterocycles. The number of nitrogens with zero attached hydrogens (tertiary/aromatic N) is 1. The molecule has 0 aliphatic carbocycles. The van der Waals surface area contributed by atoms with E-state index in [4.69, 9.17) is 9.47 Å². The summed E-state index contributed by atoms with van der Waals surface area (Å²) >= 11 is 0. The predicted octanol–water partition coefficient (Wildman–Crippen LogP) is 3.92. The minimum absolute atomic E-state index is 0.311. The molecule has 0 fully saturated rings. The first-order valence-corrected chi connectivity index (χ1v) is 9.80. The van der Waals surface area contributed by atoms with Crippen LogP contribution < -0.4 is 20.2 Å². The summed E-state index contributed by atoms with van der Waals surface area (Å²) in [6.07, 6.45) is -0.642. The maximum Gasteiger partial charge on any atom is 0.276 e. The van der Waals surface area contributed by atoms with Gasteiger partial charge in [-0.3, -0.25) is 15.0 Å². The van der Waals surface area contributed by atoms with E-state index >= 15 is 0 Å². The molecule has 0 bridgehead atoms. The summed E-state index contributed by atoms with van der Waals surface area (Å²) in [5.41, 5.74) is 6.17. The fraction of sp³-hybridized carbons (Fsp3) is 0.167. The average Bonchev–Trinajstić information content (AvgIpc) is 2.80. The van der Waals surface area contributed by atoms with Gasteiger partial charge in [-0.25, -0.2) is 5.01 Å². The Hall–Kier alpha value is -4.00. The van der Waals surface area contributed by atoms with Gasteiger partial charge in [0.15, 0.2) is 11.5 Å². The summed E-state index contributed by atoms with van der Waals surface area (Å²) < 4.78 is 10.7. The Bertz CT molecular complexity index is 1130. The molecule has 0 saturated heterocycles. The number of hydrogen-bond acceptors (Lipinski definition) is 5. The van der Waals surface area contributed by atoms with Crippen LogP contribution >= 0.6 is 0 Å². The number of nitrogens with one attached hydrogen (secondary N) is 2. The van der Waals surface area contributed by atoms with E-state index in [0.29, 0.717) is 28.3 Å². The lowest BCUT2D eigenvalue weighted by atomic mass is 10.0. The molecule has 1 aliphatic heterocycles. The SMILES string of the molecule is COc1ccc(C2Nc3ccccc3C(=O)N2NC(=O)c2ccc(C)cc2)cc1OC. The number of benzene rings is 3. The average molecular weight is 417 g/mol. The van der Waals surface area contributed by atoms with Gasteiger partial charge in [-0.05, 0) is 43.3 Å². The normalized spacial score (nSPS) is 15.0. The lowest BCUT2D eigenvalue weighted by Crippen LogP contribution is -2.52. The Kier molecular flexibility index (Phi) is 5.49. The van der Waals surface area contributed by atoms with Crippen LogP contribution in [0.3, 0.4) is 0 Å². The van der Waals surface area contributed by atoms with E-state index in [1.165, 1.54) is 5.01 Å². The Morgan fingerprint density at radius 2 is 1.68 bits per heavy atom. The zero-order valence-electron chi connectivity index (χ0n) is 17.5. The van der Waals surface area contributed by atoms with Crippen LogP contribution in [0.1, 0.15) is 38.0 Å². The topological polar surface area (TPSA) is 79.9 Å². The van der Waals surface area contributed by atoms with Gasteiger partial charge in [0, 0.05) is 16.8 Å². The minimum atomic E-state index is -0.642. The largest absolute Gasteiger partial charge is 0.493 e. The zero-order valence-corrected chi connectivity index (χ0v) is 17.5.